The van der Waals surface area contributed by atoms with Gasteiger partial charge in [0.05, 0.1) is 11.5 Å². The predicted octanol–water partition coefficient (Wildman–Crippen LogP) is 2.80. The van der Waals surface area contributed by atoms with Gasteiger partial charge in [-0.15, -0.1) is 0 Å². The number of nitrogens with one attached hydrogen (secondary N) is 2. The molecule has 0 heterocycles. The number of anilines is 1. The molecule has 136 valence electrons. The molecule has 0 aliphatic carbocycles. The van der Waals surface area contributed by atoms with Crippen LogP contribution >= 0.6 is 15.9 Å². The number of nitro groups is 1. The molecular weight excluding hydrogens is 406 g/mol. The van der Waals surface area contributed by atoms with Gasteiger partial charge in [0.1, 0.15) is 0 Å². The SMILES string of the molecule is Cc1cc(Br)ccc1NC(=O)CNC(=O)COc1ccccc1[N+](=O)[O-]. The van der Waals surface area contributed by atoms with Gasteiger partial charge in [-0.25, -0.2) is 0 Å². The van der Waals surface area contributed by atoms with Crippen LogP contribution < -0.4 is 15.4 Å². The molecule has 0 unspecified atom stereocenters. The maximum absolute atomic E-state index is 11.9. The Morgan fingerprint density at radius 2 is 1.92 bits per heavy atom. The second-order valence-electron chi connectivity index (χ2n) is 5.30. The van der Waals surface area contributed by atoms with E-state index in [9.17, 15) is 19.7 Å². The Kier molecular flexibility index (Phi) is 6.67. The highest BCUT2D eigenvalue weighted by Gasteiger charge is 2.15. The summed E-state index contributed by atoms with van der Waals surface area (Å²) in [6.07, 6.45) is 0. The topological polar surface area (TPSA) is 111 Å². The fourth-order valence-corrected chi connectivity index (χ4v) is 2.54. The average molecular weight is 422 g/mol. The summed E-state index contributed by atoms with van der Waals surface area (Å²) in [4.78, 5) is 34.0. The molecule has 0 fully saturated rings. The number of carbonyl (C=O) groups excluding carboxylic acids is 2. The van der Waals surface area contributed by atoms with Crippen molar-refractivity contribution in [1.82, 2.24) is 5.32 Å². The van der Waals surface area contributed by atoms with E-state index in [1.54, 1.807) is 18.2 Å². The number of rotatable bonds is 7. The first-order chi connectivity index (χ1) is 12.4. The minimum atomic E-state index is -0.596. The van der Waals surface area contributed by atoms with Gasteiger partial charge in [0.15, 0.2) is 12.4 Å². The molecule has 0 atom stereocenters. The van der Waals surface area contributed by atoms with Crippen LogP contribution in [-0.4, -0.2) is 29.9 Å². The van der Waals surface area contributed by atoms with Crippen LogP contribution in [0.2, 0.25) is 0 Å². The van der Waals surface area contributed by atoms with Gasteiger partial charge in [-0.1, -0.05) is 28.1 Å². The third kappa shape index (κ3) is 5.55. The van der Waals surface area contributed by atoms with Gasteiger partial charge < -0.3 is 15.4 Å². The lowest BCUT2D eigenvalue weighted by Crippen LogP contribution is -2.35. The molecule has 9 heteroatoms. The Morgan fingerprint density at radius 3 is 2.62 bits per heavy atom. The fraction of sp³-hybridized carbons (Fsp3) is 0.176. The predicted molar refractivity (Wildman–Crippen MR) is 99.1 cm³/mol. The number of nitrogens with zero attached hydrogens (tertiary/aromatic N) is 1. The molecule has 0 radical (unpaired) electrons. The molecule has 0 aliphatic heterocycles. The number of carbonyl (C=O) groups is 2. The van der Waals surface area contributed by atoms with Crippen LogP contribution in [0.4, 0.5) is 11.4 Å². The summed E-state index contributed by atoms with van der Waals surface area (Å²) in [6, 6.07) is 11.1. The molecule has 0 spiro atoms. The van der Waals surface area contributed by atoms with Crippen molar-refractivity contribution in [1.29, 1.82) is 0 Å². The normalized spacial score (nSPS) is 10.1. The lowest BCUT2D eigenvalue weighted by atomic mass is 10.2. The van der Waals surface area contributed by atoms with E-state index in [1.165, 1.54) is 18.2 Å². The molecule has 2 aromatic rings. The largest absolute Gasteiger partial charge is 0.477 e. The van der Waals surface area contributed by atoms with E-state index >= 15 is 0 Å². The average Bonchev–Trinajstić information content (AvgIpc) is 2.60. The standard InChI is InChI=1S/C17H16BrN3O5/c1-11-8-12(18)6-7-13(11)20-16(22)9-19-17(23)10-26-15-5-3-2-4-14(15)21(24)25/h2-8H,9-10H2,1H3,(H,19,23)(H,20,22). The first-order valence-corrected chi connectivity index (χ1v) is 8.35. The van der Waals surface area contributed by atoms with Gasteiger partial charge in [0.25, 0.3) is 5.91 Å². The number of benzene rings is 2. The number of ether oxygens (including phenoxy) is 1. The maximum atomic E-state index is 11.9. The third-order valence-electron chi connectivity index (χ3n) is 3.33. The Labute approximate surface area is 157 Å². The summed E-state index contributed by atoms with van der Waals surface area (Å²) in [5.41, 5.74) is 1.28. The second-order valence-corrected chi connectivity index (χ2v) is 6.21. The van der Waals surface area contributed by atoms with E-state index in [-0.39, 0.29) is 18.0 Å². The van der Waals surface area contributed by atoms with Crippen LogP contribution in [0.25, 0.3) is 0 Å². The van der Waals surface area contributed by atoms with Crippen molar-refractivity contribution in [3.8, 4) is 5.75 Å². The summed E-state index contributed by atoms with van der Waals surface area (Å²) in [5.74, 6) is -0.970. The molecule has 2 amide bonds. The quantitative estimate of drug-likeness (QED) is 0.527. The summed E-state index contributed by atoms with van der Waals surface area (Å²) < 4.78 is 6.05. The fourth-order valence-electron chi connectivity index (χ4n) is 2.06. The van der Waals surface area contributed by atoms with Crippen LogP contribution in [0.3, 0.4) is 0 Å². The zero-order chi connectivity index (χ0) is 19.1. The van der Waals surface area contributed by atoms with Crippen molar-refractivity contribution < 1.29 is 19.2 Å². The smallest absolute Gasteiger partial charge is 0.310 e. The van der Waals surface area contributed by atoms with E-state index in [0.29, 0.717) is 5.69 Å². The number of hydrogen-bond acceptors (Lipinski definition) is 5. The molecule has 26 heavy (non-hydrogen) atoms. The number of hydrogen-bond donors (Lipinski definition) is 2. The van der Waals surface area contributed by atoms with Crippen molar-refractivity contribution in [2.45, 2.75) is 6.92 Å². The van der Waals surface area contributed by atoms with Crippen molar-refractivity contribution in [2.75, 3.05) is 18.5 Å². The zero-order valence-electron chi connectivity index (χ0n) is 13.8. The van der Waals surface area contributed by atoms with Gasteiger partial charge in [-0.05, 0) is 36.8 Å². The first kappa shape index (κ1) is 19.4. The number of aryl methyl sites for hydroxylation is 1. The molecule has 2 aromatic carbocycles. The van der Waals surface area contributed by atoms with Crippen LogP contribution in [0, 0.1) is 17.0 Å². The first-order valence-electron chi connectivity index (χ1n) is 7.55. The minimum absolute atomic E-state index is 0.0115. The maximum Gasteiger partial charge on any atom is 0.310 e. The molecular formula is C17H16BrN3O5. The van der Waals surface area contributed by atoms with Crippen molar-refractivity contribution in [3.05, 3.63) is 62.6 Å². The molecule has 2 N–H and O–H groups in total. The highest BCUT2D eigenvalue weighted by atomic mass is 79.9. The van der Waals surface area contributed by atoms with Crippen LogP contribution in [0.15, 0.2) is 46.9 Å². The summed E-state index contributed by atoms with van der Waals surface area (Å²) >= 11 is 3.34. The van der Waals surface area contributed by atoms with Gasteiger partial charge in [0, 0.05) is 16.2 Å². The highest BCUT2D eigenvalue weighted by Crippen LogP contribution is 2.25. The molecule has 0 aliphatic rings. The van der Waals surface area contributed by atoms with Gasteiger partial charge in [-0.2, -0.15) is 0 Å². The summed E-state index contributed by atoms with van der Waals surface area (Å²) in [7, 11) is 0. The van der Waals surface area contributed by atoms with Crippen LogP contribution in [0.5, 0.6) is 5.75 Å². The molecule has 0 aromatic heterocycles. The third-order valence-corrected chi connectivity index (χ3v) is 3.82. The lowest BCUT2D eigenvalue weighted by molar-refractivity contribution is -0.385. The zero-order valence-corrected chi connectivity index (χ0v) is 15.4. The Balaban J connectivity index is 1.81. The highest BCUT2D eigenvalue weighted by molar-refractivity contribution is 9.10. The van der Waals surface area contributed by atoms with E-state index in [4.69, 9.17) is 4.74 Å². The summed E-state index contributed by atoms with van der Waals surface area (Å²) in [6.45, 7) is 1.17. The molecule has 0 bridgehead atoms. The van der Waals surface area contributed by atoms with Gasteiger partial charge in [-0.3, -0.25) is 19.7 Å². The Morgan fingerprint density at radius 1 is 1.19 bits per heavy atom. The monoisotopic (exact) mass is 421 g/mol. The Hall–Kier alpha value is -2.94. The van der Waals surface area contributed by atoms with Crippen LogP contribution in [-0.2, 0) is 9.59 Å². The number of amides is 2. The number of para-hydroxylation sites is 2. The van der Waals surface area contributed by atoms with E-state index in [1.807, 2.05) is 13.0 Å². The van der Waals surface area contributed by atoms with Crippen LogP contribution in [0.1, 0.15) is 5.56 Å². The van der Waals surface area contributed by atoms with Crippen molar-refractivity contribution in [3.63, 3.8) is 0 Å². The number of nitro benzene ring substituents is 1. The molecule has 8 nitrogen and oxygen atoms in total. The second kappa shape index (κ2) is 8.95. The molecule has 2 rings (SSSR count). The summed E-state index contributed by atoms with van der Waals surface area (Å²) in [5, 5.41) is 16.0. The number of halogens is 1. The van der Waals surface area contributed by atoms with E-state index in [2.05, 4.69) is 26.6 Å². The van der Waals surface area contributed by atoms with Crippen molar-refractivity contribution >= 4 is 39.1 Å². The Bertz CT molecular complexity index is 841. The van der Waals surface area contributed by atoms with Gasteiger partial charge >= 0.3 is 5.69 Å². The lowest BCUT2D eigenvalue weighted by Gasteiger charge is -2.10. The van der Waals surface area contributed by atoms with Gasteiger partial charge in [0.2, 0.25) is 5.91 Å². The van der Waals surface area contributed by atoms with E-state index in [0.717, 1.165) is 10.0 Å². The molecule has 0 saturated heterocycles. The molecule has 0 saturated carbocycles. The van der Waals surface area contributed by atoms with Crippen molar-refractivity contribution in [2.24, 2.45) is 0 Å². The van der Waals surface area contributed by atoms with E-state index < -0.39 is 23.3 Å². The minimum Gasteiger partial charge on any atom is -0.477 e.